The highest BCUT2D eigenvalue weighted by atomic mass is 32.1. The molecular weight excluding hydrogens is 393 g/mol. The van der Waals surface area contributed by atoms with Gasteiger partial charge < -0.3 is 4.42 Å². The van der Waals surface area contributed by atoms with Crippen molar-refractivity contribution in [1.29, 1.82) is 0 Å². The standard InChI is InChI=1S/C18H9F3N4O2S/c19-10-6-4-9(5-7-10)15-23-18(28-25-15)24-16(26)13-8-27-17(22-13)14-11(20)2-1-3-12(14)21/h1-8H,(H,23,24,25,26). The first-order valence-corrected chi connectivity index (χ1v) is 8.59. The number of hydrogen-bond donors (Lipinski definition) is 1. The molecule has 2 aromatic carbocycles. The maximum absolute atomic E-state index is 13.8. The Morgan fingerprint density at radius 1 is 1.00 bits per heavy atom. The average molecular weight is 402 g/mol. The Hall–Kier alpha value is -3.53. The van der Waals surface area contributed by atoms with Gasteiger partial charge in [-0.1, -0.05) is 6.07 Å². The Morgan fingerprint density at radius 2 is 1.71 bits per heavy atom. The average Bonchev–Trinajstić information content (AvgIpc) is 3.32. The molecular formula is C18H9F3N4O2S. The van der Waals surface area contributed by atoms with Gasteiger partial charge in [0.2, 0.25) is 11.0 Å². The molecule has 6 nitrogen and oxygen atoms in total. The normalized spacial score (nSPS) is 10.8. The molecule has 2 aromatic heterocycles. The molecule has 28 heavy (non-hydrogen) atoms. The van der Waals surface area contributed by atoms with Crippen LogP contribution in [0.25, 0.3) is 22.8 Å². The topological polar surface area (TPSA) is 80.9 Å². The van der Waals surface area contributed by atoms with Gasteiger partial charge in [0.1, 0.15) is 29.3 Å². The number of oxazole rings is 1. The summed E-state index contributed by atoms with van der Waals surface area (Å²) >= 11 is 0.914. The van der Waals surface area contributed by atoms with Crippen LogP contribution in [0, 0.1) is 17.5 Å². The number of aromatic nitrogens is 3. The summed E-state index contributed by atoms with van der Waals surface area (Å²) in [5.41, 5.74) is -0.0656. The number of benzene rings is 2. The number of anilines is 1. The fourth-order valence-corrected chi connectivity index (χ4v) is 2.93. The lowest BCUT2D eigenvalue weighted by Gasteiger charge is -1.99. The highest BCUT2D eigenvalue weighted by Gasteiger charge is 2.20. The molecule has 0 aliphatic heterocycles. The molecule has 140 valence electrons. The summed E-state index contributed by atoms with van der Waals surface area (Å²) in [7, 11) is 0. The molecule has 1 N–H and O–H groups in total. The van der Waals surface area contributed by atoms with Crippen LogP contribution < -0.4 is 5.32 Å². The Balaban J connectivity index is 1.52. The van der Waals surface area contributed by atoms with E-state index in [0.29, 0.717) is 11.4 Å². The van der Waals surface area contributed by atoms with Crippen LogP contribution in [0.1, 0.15) is 10.5 Å². The smallest absolute Gasteiger partial charge is 0.279 e. The van der Waals surface area contributed by atoms with Gasteiger partial charge in [-0.3, -0.25) is 10.1 Å². The van der Waals surface area contributed by atoms with E-state index in [1.807, 2.05) is 0 Å². The van der Waals surface area contributed by atoms with Crippen LogP contribution in [0.2, 0.25) is 0 Å². The van der Waals surface area contributed by atoms with Crippen LogP contribution in [0.4, 0.5) is 18.3 Å². The highest BCUT2D eigenvalue weighted by molar-refractivity contribution is 7.10. The van der Waals surface area contributed by atoms with Crippen molar-refractivity contribution < 1.29 is 22.4 Å². The molecule has 0 aliphatic carbocycles. The van der Waals surface area contributed by atoms with Gasteiger partial charge >= 0.3 is 0 Å². The molecule has 0 radical (unpaired) electrons. The summed E-state index contributed by atoms with van der Waals surface area (Å²) in [4.78, 5) is 20.3. The van der Waals surface area contributed by atoms with E-state index in [-0.39, 0.29) is 22.5 Å². The Kier molecular flexibility index (Phi) is 4.62. The number of halogens is 3. The first-order chi connectivity index (χ1) is 13.5. The molecule has 4 aromatic rings. The second-order valence-electron chi connectivity index (χ2n) is 5.52. The van der Waals surface area contributed by atoms with E-state index in [0.717, 1.165) is 29.9 Å². The van der Waals surface area contributed by atoms with Crippen LogP contribution in [0.15, 0.2) is 53.1 Å². The third-order valence-corrected chi connectivity index (χ3v) is 4.29. The van der Waals surface area contributed by atoms with Crippen molar-refractivity contribution in [2.45, 2.75) is 0 Å². The highest BCUT2D eigenvalue weighted by Crippen LogP contribution is 2.26. The van der Waals surface area contributed by atoms with Crippen molar-refractivity contribution >= 4 is 22.6 Å². The van der Waals surface area contributed by atoms with Crippen molar-refractivity contribution in [3.63, 3.8) is 0 Å². The van der Waals surface area contributed by atoms with Crippen molar-refractivity contribution in [1.82, 2.24) is 14.3 Å². The minimum atomic E-state index is -0.859. The predicted molar refractivity (Wildman–Crippen MR) is 95.1 cm³/mol. The predicted octanol–water partition coefficient (Wildman–Crippen LogP) is 4.53. The van der Waals surface area contributed by atoms with Crippen LogP contribution in [-0.4, -0.2) is 20.2 Å². The molecule has 0 spiro atoms. The van der Waals surface area contributed by atoms with Crippen LogP contribution in [0.5, 0.6) is 0 Å². The summed E-state index contributed by atoms with van der Waals surface area (Å²) in [6, 6.07) is 8.88. The number of carbonyl (C=O) groups excluding carboxylic acids is 1. The van der Waals surface area contributed by atoms with Crippen LogP contribution >= 0.6 is 11.5 Å². The molecule has 0 bridgehead atoms. The maximum Gasteiger partial charge on any atom is 0.279 e. The van der Waals surface area contributed by atoms with Gasteiger partial charge in [-0.2, -0.15) is 9.36 Å². The lowest BCUT2D eigenvalue weighted by Crippen LogP contribution is -2.12. The first-order valence-electron chi connectivity index (χ1n) is 7.82. The number of rotatable bonds is 4. The second-order valence-corrected chi connectivity index (χ2v) is 6.27. The van der Waals surface area contributed by atoms with E-state index >= 15 is 0 Å². The number of nitrogens with one attached hydrogen (secondary N) is 1. The Morgan fingerprint density at radius 3 is 2.43 bits per heavy atom. The van der Waals surface area contributed by atoms with Crippen molar-refractivity contribution in [3.8, 4) is 22.8 Å². The fraction of sp³-hybridized carbons (Fsp3) is 0. The maximum atomic E-state index is 13.8. The van der Waals surface area contributed by atoms with Gasteiger partial charge in [0, 0.05) is 17.1 Å². The molecule has 1 amide bonds. The van der Waals surface area contributed by atoms with Gasteiger partial charge in [-0.05, 0) is 36.4 Å². The third-order valence-electron chi connectivity index (χ3n) is 3.66. The molecule has 0 saturated heterocycles. The van der Waals surface area contributed by atoms with E-state index in [9.17, 15) is 18.0 Å². The van der Waals surface area contributed by atoms with Crippen LogP contribution in [0.3, 0.4) is 0 Å². The van der Waals surface area contributed by atoms with Crippen LogP contribution in [-0.2, 0) is 0 Å². The first kappa shape index (κ1) is 17.9. The zero-order valence-corrected chi connectivity index (χ0v) is 14.6. The fourth-order valence-electron chi connectivity index (χ4n) is 2.35. The van der Waals surface area contributed by atoms with Gasteiger partial charge in [0.05, 0.1) is 0 Å². The summed E-state index contributed by atoms with van der Waals surface area (Å²) in [5, 5.41) is 2.65. The summed E-state index contributed by atoms with van der Waals surface area (Å²) in [6.45, 7) is 0. The lowest BCUT2D eigenvalue weighted by atomic mass is 10.2. The number of hydrogen-bond acceptors (Lipinski definition) is 6. The molecule has 0 unspecified atom stereocenters. The molecule has 2 heterocycles. The SMILES string of the molecule is O=C(Nc1nc(-c2ccc(F)cc2)ns1)c1coc(-c2c(F)cccc2F)n1. The van der Waals surface area contributed by atoms with Crippen molar-refractivity contribution in [3.05, 3.63) is 71.9 Å². The summed E-state index contributed by atoms with van der Waals surface area (Å²) in [5.74, 6) is -2.84. The largest absolute Gasteiger partial charge is 0.443 e. The van der Waals surface area contributed by atoms with Gasteiger partial charge in [0.15, 0.2) is 11.5 Å². The molecule has 0 atom stereocenters. The third kappa shape index (κ3) is 3.49. The van der Waals surface area contributed by atoms with Gasteiger partial charge in [-0.15, -0.1) is 0 Å². The van der Waals surface area contributed by atoms with E-state index in [4.69, 9.17) is 4.42 Å². The number of nitrogens with zero attached hydrogens (tertiary/aromatic N) is 3. The molecule has 0 fully saturated rings. The summed E-state index contributed by atoms with van der Waals surface area (Å²) < 4.78 is 49.7. The monoisotopic (exact) mass is 402 g/mol. The van der Waals surface area contributed by atoms with E-state index in [1.54, 1.807) is 0 Å². The zero-order chi connectivity index (χ0) is 19.7. The van der Waals surface area contributed by atoms with Gasteiger partial charge in [0.25, 0.3) is 5.91 Å². The van der Waals surface area contributed by atoms with Gasteiger partial charge in [-0.25, -0.2) is 18.2 Å². The van der Waals surface area contributed by atoms with E-state index in [1.165, 1.54) is 30.3 Å². The van der Waals surface area contributed by atoms with E-state index < -0.39 is 23.1 Å². The molecule has 10 heteroatoms. The van der Waals surface area contributed by atoms with Crippen molar-refractivity contribution in [2.75, 3.05) is 5.32 Å². The molecule has 0 aliphatic rings. The Labute approximate surface area is 159 Å². The molecule has 4 rings (SSSR count). The minimum Gasteiger partial charge on any atom is -0.443 e. The minimum absolute atomic E-state index is 0.172. The van der Waals surface area contributed by atoms with E-state index in [2.05, 4.69) is 19.7 Å². The van der Waals surface area contributed by atoms with Crippen molar-refractivity contribution in [2.24, 2.45) is 0 Å². The quantitative estimate of drug-likeness (QED) is 0.542. The Bertz CT molecular complexity index is 1140. The molecule has 0 saturated carbocycles. The number of amides is 1. The second kappa shape index (κ2) is 7.24. The zero-order valence-electron chi connectivity index (χ0n) is 13.8. The number of carbonyl (C=O) groups is 1. The lowest BCUT2D eigenvalue weighted by molar-refractivity contribution is 0.102. The summed E-state index contributed by atoms with van der Waals surface area (Å²) in [6.07, 6.45) is 0.985.